The van der Waals surface area contributed by atoms with E-state index in [9.17, 15) is 4.79 Å². The van der Waals surface area contributed by atoms with Gasteiger partial charge < -0.3 is 4.74 Å². The number of fused-ring (bicyclic) bond motifs is 1. The highest BCUT2D eigenvalue weighted by molar-refractivity contribution is 6.02. The quantitative estimate of drug-likeness (QED) is 0.812. The maximum Gasteiger partial charge on any atom is 0.170 e. The normalized spacial score (nSPS) is 23.5. The van der Waals surface area contributed by atoms with Gasteiger partial charge in [-0.15, -0.1) is 0 Å². The van der Waals surface area contributed by atoms with E-state index in [0.29, 0.717) is 5.92 Å². The van der Waals surface area contributed by atoms with E-state index in [0.717, 1.165) is 41.1 Å². The van der Waals surface area contributed by atoms with Gasteiger partial charge in [-0.25, -0.2) is 0 Å². The minimum Gasteiger partial charge on any atom is -0.497 e. The number of nitrogens with zero attached hydrogens (tertiary/aromatic N) is 1. The molecule has 0 N–H and O–H groups in total. The Morgan fingerprint density at radius 2 is 1.91 bits per heavy atom. The van der Waals surface area contributed by atoms with Crippen LogP contribution in [0.3, 0.4) is 0 Å². The Balaban J connectivity index is 2.02. The lowest BCUT2D eigenvalue weighted by atomic mass is 9.68. The molecule has 3 nitrogen and oxygen atoms in total. The van der Waals surface area contributed by atoms with Crippen molar-refractivity contribution in [3.05, 3.63) is 47.7 Å². The monoisotopic (exact) mass is 309 g/mol. The van der Waals surface area contributed by atoms with Crippen molar-refractivity contribution < 1.29 is 9.53 Å². The van der Waals surface area contributed by atoms with Gasteiger partial charge in [0.15, 0.2) is 5.78 Å². The Labute approximate surface area is 137 Å². The summed E-state index contributed by atoms with van der Waals surface area (Å²) in [5, 5.41) is 0. The number of benzene rings is 1. The predicted octanol–water partition coefficient (Wildman–Crippen LogP) is 4.86. The summed E-state index contributed by atoms with van der Waals surface area (Å²) in [6, 6.07) is 11.8. The third-order valence-corrected chi connectivity index (χ3v) is 5.11. The Morgan fingerprint density at radius 3 is 2.52 bits per heavy atom. The fourth-order valence-electron chi connectivity index (χ4n) is 3.46. The number of carbonyl (C=O) groups is 1. The molecule has 1 aliphatic carbocycles. The highest BCUT2D eigenvalue weighted by Gasteiger charge is 2.40. The molecule has 0 aliphatic heterocycles. The largest absolute Gasteiger partial charge is 0.497 e. The summed E-state index contributed by atoms with van der Waals surface area (Å²) < 4.78 is 5.20. The van der Waals surface area contributed by atoms with Gasteiger partial charge in [0.2, 0.25) is 0 Å². The SMILES string of the molecule is CC[C@@]1(C)C[C@@H](C)c2nc(-c3ccc(OC)cc3)ccc2C1=O. The molecule has 0 amide bonds. The Bertz CT molecular complexity index is 736. The number of ketones is 1. The minimum atomic E-state index is -0.254. The van der Waals surface area contributed by atoms with Crippen LogP contribution in [0, 0.1) is 5.41 Å². The molecule has 1 aliphatic rings. The molecular formula is C20H23NO2. The lowest BCUT2D eigenvalue weighted by molar-refractivity contribution is 0.0760. The summed E-state index contributed by atoms with van der Waals surface area (Å²) in [6.45, 7) is 6.34. The second kappa shape index (κ2) is 5.80. The number of pyridine rings is 1. The average molecular weight is 309 g/mol. The van der Waals surface area contributed by atoms with Crippen molar-refractivity contribution in [1.29, 1.82) is 0 Å². The minimum absolute atomic E-state index is 0.238. The van der Waals surface area contributed by atoms with Crippen LogP contribution in [-0.4, -0.2) is 17.9 Å². The third kappa shape index (κ3) is 2.65. The van der Waals surface area contributed by atoms with Crippen LogP contribution in [0.25, 0.3) is 11.3 Å². The third-order valence-electron chi connectivity index (χ3n) is 5.11. The zero-order valence-electron chi connectivity index (χ0n) is 14.2. The van der Waals surface area contributed by atoms with Crippen LogP contribution in [0.5, 0.6) is 5.75 Å². The van der Waals surface area contributed by atoms with Crippen LogP contribution >= 0.6 is 0 Å². The highest BCUT2D eigenvalue weighted by atomic mass is 16.5. The van der Waals surface area contributed by atoms with Crippen LogP contribution in [0.2, 0.25) is 0 Å². The molecule has 0 spiro atoms. The van der Waals surface area contributed by atoms with Gasteiger partial charge in [-0.1, -0.05) is 20.8 Å². The molecule has 0 saturated heterocycles. The molecule has 0 radical (unpaired) electrons. The first-order chi connectivity index (χ1) is 11.0. The molecule has 0 bridgehead atoms. The van der Waals surface area contributed by atoms with Crippen molar-refractivity contribution in [3.63, 3.8) is 0 Å². The molecule has 0 saturated carbocycles. The summed E-state index contributed by atoms with van der Waals surface area (Å²) in [6.07, 6.45) is 1.74. The molecule has 1 aromatic carbocycles. The molecule has 3 rings (SSSR count). The predicted molar refractivity (Wildman–Crippen MR) is 92.0 cm³/mol. The summed E-state index contributed by atoms with van der Waals surface area (Å²) in [5.41, 5.74) is 3.43. The molecule has 23 heavy (non-hydrogen) atoms. The number of rotatable bonds is 3. The Morgan fingerprint density at radius 1 is 1.22 bits per heavy atom. The van der Waals surface area contributed by atoms with Crippen LogP contribution in [-0.2, 0) is 0 Å². The van der Waals surface area contributed by atoms with Crippen molar-refractivity contribution in [1.82, 2.24) is 4.98 Å². The smallest absolute Gasteiger partial charge is 0.170 e. The van der Waals surface area contributed by atoms with E-state index in [1.54, 1.807) is 7.11 Å². The van der Waals surface area contributed by atoms with Gasteiger partial charge in [-0.05, 0) is 49.2 Å². The first kappa shape index (κ1) is 15.7. The van der Waals surface area contributed by atoms with E-state index < -0.39 is 0 Å². The van der Waals surface area contributed by atoms with Crippen molar-refractivity contribution in [2.24, 2.45) is 5.41 Å². The van der Waals surface area contributed by atoms with Crippen molar-refractivity contribution in [2.45, 2.75) is 39.5 Å². The van der Waals surface area contributed by atoms with Crippen LogP contribution in [0.1, 0.15) is 55.6 Å². The topological polar surface area (TPSA) is 39.2 Å². The van der Waals surface area contributed by atoms with Crippen molar-refractivity contribution in [2.75, 3.05) is 7.11 Å². The van der Waals surface area contributed by atoms with Crippen molar-refractivity contribution >= 4 is 5.78 Å². The molecule has 1 aromatic heterocycles. The van der Waals surface area contributed by atoms with Crippen LogP contribution < -0.4 is 4.74 Å². The second-order valence-electron chi connectivity index (χ2n) is 6.71. The standard InChI is InChI=1S/C20H23NO2/c1-5-20(3)12-13(2)18-16(19(20)22)10-11-17(21-18)14-6-8-15(23-4)9-7-14/h6-11,13H,5,12H2,1-4H3/t13-,20+/m1/s1. The number of hydrogen-bond donors (Lipinski definition) is 0. The number of aromatic nitrogens is 1. The summed E-state index contributed by atoms with van der Waals surface area (Å²) in [5.74, 6) is 1.36. The van der Waals surface area contributed by atoms with E-state index in [2.05, 4.69) is 20.8 Å². The highest BCUT2D eigenvalue weighted by Crippen LogP contribution is 2.43. The van der Waals surface area contributed by atoms with Gasteiger partial charge in [0.05, 0.1) is 18.5 Å². The van der Waals surface area contributed by atoms with E-state index in [1.165, 1.54) is 0 Å². The van der Waals surface area contributed by atoms with Gasteiger partial charge in [-0.2, -0.15) is 0 Å². The maximum absolute atomic E-state index is 12.8. The molecule has 120 valence electrons. The number of methoxy groups -OCH3 is 1. The van der Waals surface area contributed by atoms with Gasteiger partial charge in [0, 0.05) is 22.5 Å². The van der Waals surface area contributed by atoms with Gasteiger partial charge in [0.25, 0.3) is 0 Å². The van der Waals surface area contributed by atoms with E-state index >= 15 is 0 Å². The van der Waals surface area contributed by atoms with Crippen LogP contribution in [0.15, 0.2) is 36.4 Å². The summed E-state index contributed by atoms with van der Waals surface area (Å²) >= 11 is 0. The molecule has 2 aromatic rings. The second-order valence-corrected chi connectivity index (χ2v) is 6.71. The number of hydrogen-bond acceptors (Lipinski definition) is 3. The fraction of sp³-hybridized carbons (Fsp3) is 0.400. The maximum atomic E-state index is 12.8. The molecule has 3 heteroatoms. The van der Waals surface area contributed by atoms with Gasteiger partial charge >= 0.3 is 0 Å². The van der Waals surface area contributed by atoms with E-state index in [-0.39, 0.29) is 11.2 Å². The Kier molecular flexibility index (Phi) is 3.97. The summed E-state index contributed by atoms with van der Waals surface area (Å²) in [4.78, 5) is 17.6. The van der Waals surface area contributed by atoms with E-state index in [1.807, 2.05) is 36.4 Å². The molecule has 2 atom stereocenters. The van der Waals surface area contributed by atoms with Gasteiger partial charge in [-0.3, -0.25) is 9.78 Å². The molecule has 0 fully saturated rings. The lowest BCUT2D eigenvalue weighted by Crippen LogP contribution is -2.34. The summed E-state index contributed by atoms with van der Waals surface area (Å²) in [7, 11) is 1.66. The average Bonchev–Trinajstić information content (AvgIpc) is 2.59. The molecular weight excluding hydrogens is 286 g/mol. The van der Waals surface area contributed by atoms with Gasteiger partial charge in [0.1, 0.15) is 5.75 Å². The number of ether oxygens (including phenoxy) is 1. The van der Waals surface area contributed by atoms with Crippen LogP contribution in [0.4, 0.5) is 0 Å². The fourth-order valence-corrected chi connectivity index (χ4v) is 3.46. The van der Waals surface area contributed by atoms with E-state index in [4.69, 9.17) is 9.72 Å². The first-order valence-electron chi connectivity index (χ1n) is 8.18. The molecule has 1 heterocycles. The molecule has 0 unspecified atom stereocenters. The van der Waals surface area contributed by atoms with Crippen molar-refractivity contribution in [3.8, 4) is 17.0 Å². The Hall–Kier alpha value is -2.16. The lowest BCUT2D eigenvalue weighted by Gasteiger charge is -2.35. The number of carbonyl (C=O) groups excluding carboxylic acids is 1. The first-order valence-corrected chi connectivity index (χ1v) is 8.18. The zero-order valence-corrected chi connectivity index (χ0v) is 14.2. The number of Topliss-reactive ketones (excluding diaryl/α,β-unsaturated/α-hetero) is 1. The zero-order chi connectivity index (χ0) is 16.6.